The summed E-state index contributed by atoms with van der Waals surface area (Å²) in [6, 6.07) is 0. The molecule has 1 N–H and O–H groups in total. The number of aromatic nitrogens is 2. The van der Waals surface area contributed by atoms with Crippen LogP contribution in [0.2, 0.25) is 0 Å². The third kappa shape index (κ3) is 2.01. The average Bonchev–Trinajstić information content (AvgIpc) is 2.50. The van der Waals surface area contributed by atoms with Gasteiger partial charge in [0, 0.05) is 13.6 Å². The molecule has 1 aromatic rings. The van der Waals surface area contributed by atoms with Crippen molar-refractivity contribution in [2.75, 3.05) is 18.0 Å². The Balaban J connectivity index is 3.30. The number of terminal acetylenes is 1. The summed E-state index contributed by atoms with van der Waals surface area (Å²) in [6.45, 7) is 4.61. The van der Waals surface area contributed by atoms with Crippen molar-refractivity contribution in [3.8, 4) is 12.3 Å². The van der Waals surface area contributed by atoms with Gasteiger partial charge in [-0.3, -0.25) is 4.68 Å². The van der Waals surface area contributed by atoms with Crippen LogP contribution in [0.15, 0.2) is 0 Å². The van der Waals surface area contributed by atoms with E-state index in [-0.39, 0.29) is 5.56 Å². The predicted molar refractivity (Wildman–Crippen MR) is 61.6 cm³/mol. The van der Waals surface area contributed by atoms with E-state index in [9.17, 15) is 4.79 Å². The smallest absolute Gasteiger partial charge is 0.341 e. The van der Waals surface area contributed by atoms with Gasteiger partial charge < -0.3 is 10.0 Å². The minimum atomic E-state index is -0.976. The van der Waals surface area contributed by atoms with Gasteiger partial charge >= 0.3 is 5.97 Å². The first kappa shape index (κ1) is 12.1. The number of hydrogen-bond donors (Lipinski definition) is 1. The summed E-state index contributed by atoms with van der Waals surface area (Å²) in [6.07, 6.45) is 5.26. The van der Waals surface area contributed by atoms with Crippen molar-refractivity contribution in [1.82, 2.24) is 9.78 Å². The summed E-state index contributed by atoms with van der Waals surface area (Å²) in [5.74, 6) is 2.10. The molecule has 1 heterocycles. The lowest BCUT2D eigenvalue weighted by molar-refractivity contribution is 0.0696. The molecule has 0 spiro atoms. The Morgan fingerprint density at radius 1 is 1.69 bits per heavy atom. The van der Waals surface area contributed by atoms with Crippen LogP contribution in [0.25, 0.3) is 0 Å². The maximum atomic E-state index is 11.1. The van der Waals surface area contributed by atoms with E-state index in [1.807, 2.05) is 11.8 Å². The number of rotatable bonds is 4. The zero-order valence-corrected chi connectivity index (χ0v) is 9.69. The van der Waals surface area contributed by atoms with Crippen molar-refractivity contribution in [3.05, 3.63) is 11.3 Å². The summed E-state index contributed by atoms with van der Waals surface area (Å²) in [5, 5.41) is 13.2. The topological polar surface area (TPSA) is 58.4 Å². The molecule has 0 saturated heterocycles. The standard InChI is InChI=1S/C11H15N3O2/c1-5-7-14(6-2)10-9(11(15)16)8(3)12-13(10)4/h1H,6-7H2,2-4H3,(H,15,16). The molecule has 0 aliphatic carbocycles. The first-order chi connectivity index (χ1) is 7.52. The number of aryl methyl sites for hydroxylation is 2. The summed E-state index contributed by atoms with van der Waals surface area (Å²) < 4.78 is 1.56. The molecule has 0 radical (unpaired) electrons. The lowest BCUT2D eigenvalue weighted by atomic mass is 10.2. The van der Waals surface area contributed by atoms with Gasteiger partial charge in [-0.05, 0) is 13.8 Å². The zero-order valence-electron chi connectivity index (χ0n) is 9.69. The lowest BCUT2D eigenvalue weighted by Crippen LogP contribution is -2.27. The van der Waals surface area contributed by atoms with Crippen LogP contribution in [0.4, 0.5) is 5.82 Å². The molecule has 0 unspecified atom stereocenters. The molecule has 0 amide bonds. The highest BCUT2D eigenvalue weighted by molar-refractivity contribution is 5.94. The summed E-state index contributed by atoms with van der Waals surface area (Å²) in [5.41, 5.74) is 0.722. The first-order valence-corrected chi connectivity index (χ1v) is 4.98. The van der Waals surface area contributed by atoms with E-state index in [4.69, 9.17) is 11.5 Å². The van der Waals surface area contributed by atoms with Gasteiger partial charge in [-0.25, -0.2) is 4.79 Å². The van der Waals surface area contributed by atoms with Gasteiger partial charge in [-0.2, -0.15) is 5.10 Å². The van der Waals surface area contributed by atoms with Gasteiger partial charge in [0.05, 0.1) is 12.2 Å². The van der Waals surface area contributed by atoms with Crippen molar-refractivity contribution in [1.29, 1.82) is 0 Å². The van der Waals surface area contributed by atoms with Crippen molar-refractivity contribution < 1.29 is 9.90 Å². The lowest BCUT2D eigenvalue weighted by Gasteiger charge is -2.20. The molecule has 86 valence electrons. The number of carboxylic acids is 1. The van der Waals surface area contributed by atoms with Crippen molar-refractivity contribution in [3.63, 3.8) is 0 Å². The van der Waals surface area contributed by atoms with Gasteiger partial charge in [0.1, 0.15) is 11.4 Å². The van der Waals surface area contributed by atoms with E-state index in [1.165, 1.54) is 0 Å². The number of hydrogen-bond acceptors (Lipinski definition) is 3. The second-order valence-electron chi connectivity index (χ2n) is 3.43. The second kappa shape index (κ2) is 4.71. The molecule has 0 fully saturated rings. The maximum Gasteiger partial charge on any atom is 0.341 e. The van der Waals surface area contributed by atoms with Crippen LogP contribution in [0.5, 0.6) is 0 Å². The molecule has 0 aromatic carbocycles. The van der Waals surface area contributed by atoms with E-state index in [2.05, 4.69) is 11.0 Å². The first-order valence-electron chi connectivity index (χ1n) is 4.98. The average molecular weight is 221 g/mol. The Kier molecular flexibility index (Phi) is 3.56. The molecule has 1 rings (SSSR count). The van der Waals surface area contributed by atoms with E-state index < -0.39 is 5.97 Å². The molecule has 0 bridgehead atoms. The predicted octanol–water partition coefficient (Wildman–Crippen LogP) is 0.886. The normalized spacial score (nSPS) is 9.88. The molecule has 0 aliphatic rings. The molecule has 16 heavy (non-hydrogen) atoms. The van der Waals surface area contributed by atoms with Crippen molar-refractivity contribution in [2.45, 2.75) is 13.8 Å². The highest BCUT2D eigenvalue weighted by Gasteiger charge is 2.22. The molecule has 0 aliphatic heterocycles. The monoisotopic (exact) mass is 221 g/mol. The van der Waals surface area contributed by atoms with Crippen LogP contribution in [0.1, 0.15) is 23.0 Å². The largest absolute Gasteiger partial charge is 0.477 e. The highest BCUT2D eigenvalue weighted by Crippen LogP contribution is 2.22. The molecular formula is C11H15N3O2. The minimum absolute atomic E-state index is 0.222. The fraction of sp³-hybridized carbons (Fsp3) is 0.455. The molecule has 0 atom stereocenters. The van der Waals surface area contributed by atoms with Gasteiger partial charge in [0.25, 0.3) is 0 Å². The molecule has 0 saturated carbocycles. The third-order valence-electron chi connectivity index (χ3n) is 2.37. The van der Waals surface area contributed by atoms with Gasteiger partial charge in [-0.1, -0.05) is 5.92 Å². The summed E-state index contributed by atoms with van der Waals surface area (Å²) in [4.78, 5) is 13.0. The van der Waals surface area contributed by atoms with Crippen LogP contribution >= 0.6 is 0 Å². The Labute approximate surface area is 94.7 Å². The minimum Gasteiger partial charge on any atom is -0.477 e. The summed E-state index contributed by atoms with van der Waals surface area (Å²) >= 11 is 0. The summed E-state index contributed by atoms with van der Waals surface area (Å²) in [7, 11) is 1.72. The van der Waals surface area contributed by atoms with Crippen molar-refractivity contribution >= 4 is 11.8 Å². The van der Waals surface area contributed by atoms with Crippen LogP contribution in [-0.2, 0) is 7.05 Å². The maximum absolute atomic E-state index is 11.1. The Morgan fingerprint density at radius 3 is 2.75 bits per heavy atom. The molecule has 5 heteroatoms. The number of anilines is 1. The number of nitrogens with zero attached hydrogens (tertiary/aromatic N) is 3. The van der Waals surface area contributed by atoms with E-state index >= 15 is 0 Å². The highest BCUT2D eigenvalue weighted by atomic mass is 16.4. The SMILES string of the molecule is C#CCN(CC)c1c(C(=O)O)c(C)nn1C. The van der Waals surface area contributed by atoms with Crippen molar-refractivity contribution in [2.24, 2.45) is 7.05 Å². The van der Waals surface area contributed by atoms with Crippen LogP contribution in [-0.4, -0.2) is 33.9 Å². The second-order valence-corrected chi connectivity index (χ2v) is 3.43. The van der Waals surface area contributed by atoms with Crippen LogP contribution in [0, 0.1) is 19.3 Å². The number of aromatic carboxylic acids is 1. The van der Waals surface area contributed by atoms with Gasteiger partial charge in [-0.15, -0.1) is 6.42 Å². The third-order valence-corrected chi connectivity index (χ3v) is 2.37. The van der Waals surface area contributed by atoms with E-state index in [0.717, 1.165) is 0 Å². The van der Waals surface area contributed by atoms with Crippen LogP contribution in [0.3, 0.4) is 0 Å². The van der Waals surface area contributed by atoms with Gasteiger partial charge in [0.2, 0.25) is 0 Å². The molecule has 5 nitrogen and oxygen atoms in total. The number of carboxylic acid groups (broad SMARTS) is 1. The fourth-order valence-corrected chi connectivity index (χ4v) is 1.71. The Morgan fingerprint density at radius 2 is 2.31 bits per heavy atom. The van der Waals surface area contributed by atoms with E-state index in [0.29, 0.717) is 24.6 Å². The van der Waals surface area contributed by atoms with Crippen LogP contribution < -0.4 is 4.90 Å². The van der Waals surface area contributed by atoms with E-state index in [1.54, 1.807) is 18.7 Å². The molecular weight excluding hydrogens is 206 g/mol. The zero-order chi connectivity index (χ0) is 12.3. The quantitative estimate of drug-likeness (QED) is 0.767. The Bertz CT molecular complexity index is 443. The van der Waals surface area contributed by atoms with Gasteiger partial charge in [0.15, 0.2) is 0 Å². The fourth-order valence-electron chi connectivity index (χ4n) is 1.71. The molecule has 1 aromatic heterocycles. The number of carbonyl (C=O) groups is 1. The Hall–Kier alpha value is -1.96.